The maximum absolute atomic E-state index is 11.2. The molecule has 0 rings (SSSR count). The first-order chi connectivity index (χ1) is 5.26. The molecule has 0 heterocycles. The van der Waals surface area contributed by atoms with Crippen molar-refractivity contribution >= 4 is 5.78 Å². The van der Waals surface area contributed by atoms with Crippen LogP contribution in [0.3, 0.4) is 0 Å². The summed E-state index contributed by atoms with van der Waals surface area (Å²) in [5, 5.41) is 0. The Kier molecular flexibility index (Phi) is 5.20. The summed E-state index contributed by atoms with van der Waals surface area (Å²) in [6, 6.07) is 0. The van der Waals surface area contributed by atoms with E-state index in [1.165, 1.54) is 0 Å². The molecule has 0 saturated carbocycles. The van der Waals surface area contributed by atoms with Crippen LogP contribution in [0.5, 0.6) is 0 Å². The average molecular weight is 150 g/mol. The average Bonchev–Trinajstić information content (AvgIpc) is 2.03. The standard InChI is InChI=1S/C10H14O/c1-4-7-8-10(11)9(5-2)6-3/h5H,6,8H2,1-3H3. The van der Waals surface area contributed by atoms with Gasteiger partial charge in [-0.3, -0.25) is 4.79 Å². The van der Waals surface area contributed by atoms with E-state index in [0.717, 1.165) is 12.0 Å². The molecule has 0 unspecified atom stereocenters. The molecular weight excluding hydrogens is 136 g/mol. The van der Waals surface area contributed by atoms with Gasteiger partial charge in [0.05, 0.1) is 6.42 Å². The Labute approximate surface area is 68.5 Å². The van der Waals surface area contributed by atoms with Crippen molar-refractivity contribution < 1.29 is 4.79 Å². The van der Waals surface area contributed by atoms with Crippen LogP contribution in [0.15, 0.2) is 11.6 Å². The van der Waals surface area contributed by atoms with E-state index < -0.39 is 0 Å². The lowest BCUT2D eigenvalue weighted by atomic mass is 10.1. The lowest BCUT2D eigenvalue weighted by Crippen LogP contribution is -1.99. The molecule has 0 aliphatic carbocycles. The minimum Gasteiger partial charge on any atom is -0.293 e. The number of allylic oxidation sites excluding steroid dienone is 2. The number of carbonyl (C=O) groups is 1. The van der Waals surface area contributed by atoms with Gasteiger partial charge in [0.25, 0.3) is 0 Å². The van der Waals surface area contributed by atoms with Crippen LogP contribution in [0.4, 0.5) is 0 Å². The normalized spacial score (nSPS) is 10.3. The second-order valence-electron chi connectivity index (χ2n) is 2.19. The van der Waals surface area contributed by atoms with Crippen molar-refractivity contribution in [2.45, 2.75) is 33.6 Å². The zero-order valence-corrected chi connectivity index (χ0v) is 7.40. The van der Waals surface area contributed by atoms with Crippen molar-refractivity contribution in [3.05, 3.63) is 11.6 Å². The predicted molar refractivity (Wildman–Crippen MR) is 47.1 cm³/mol. The van der Waals surface area contributed by atoms with E-state index >= 15 is 0 Å². The van der Waals surface area contributed by atoms with Gasteiger partial charge in [0.15, 0.2) is 5.78 Å². The number of hydrogen-bond acceptors (Lipinski definition) is 1. The molecule has 0 aromatic carbocycles. The zero-order valence-electron chi connectivity index (χ0n) is 7.40. The van der Waals surface area contributed by atoms with Crippen molar-refractivity contribution in [2.75, 3.05) is 0 Å². The fourth-order valence-corrected chi connectivity index (χ4v) is 0.844. The molecule has 0 saturated heterocycles. The Morgan fingerprint density at radius 2 is 2.18 bits per heavy atom. The molecule has 11 heavy (non-hydrogen) atoms. The number of Topliss-reactive ketones (excluding diaryl/α,β-unsaturated/α-hetero) is 1. The summed E-state index contributed by atoms with van der Waals surface area (Å²) in [4.78, 5) is 11.2. The van der Waals surface area contributed by atoms with Gasteiger partial charge in [-0.25, -0.2) is 0 Å². The summed E-state index contributed by atoms with van der Waals surface area (Å²) < 4.78 is 0. The number of ketones is 1. The van der Waals surface area contributed by atoms with Crippen molar-refractivity contribution in [1.29, 1.82) is 0 Å². The SMILES string of the molecule is CC#CCC(=O)C(=CC)CC. The molecule has 1 nitrogen and oxygen atoms in total. The van der Waals surface area contributed by atoms with Gasteiger partial charge in [0.2, 0.25) is 0 Å². The quantitative estimate of drug-likeness (QED) is 0.445. The van der Waals surface area contributed by atoms with E-state index in [1.807, 2.05) is 19.9 Å². The van der Waals surface area contributed by atoms with Gasteiger partial charge in [-0.2, -0.15) is 0 Å². The van der Waals surface area contributed by atoms with Crippen LogP contribution in [0.25, 0.3) is 0 Å². The fourth-order valence-electron chi connectivity index (χ4n) is 0.844. The summed E-state index contributed by atoms with van der Waals surface area (Å²) in [6.45, 7) is 5.61. The largest absolute Gasteiger partial charge is 0.293 e. The van der Waals surface area contributed by atoms with Gasteiger partial charge in [0, 0.05) is 0 Å². The minimum atomic E-state index is 0.157. The van der Waals surface area contributed by atoms with Crippen LogP contribution in [-0.4, -0.2) is 5.78 Å². The Morgan fingerprint density at radius 3 is 2.55 bits per heavy atom. The van der Waals surface area contributed by atoms with Gasteiger partial charge < -0.3 is 0 Å². The Balaban J connectivity index is 4.08. The van der Waals surface area contributed by atoms with Gasteiger partial charge in [-0.05, 0) is 25.8 Å². The molecule has 0 bridgehead atoms. The molecular formula is C10H14O. The third-order valence-corrected chi connectivity index (χ3v) is 1.51. The van der Waals surface area contributed by atoms with Crippen molar-refractivity contribution in [3.63, 3.8) is 0 Å². The molecule has 0 amide bonds. The van der Waals surface area contributed by atoms with E-state index in [9.17, 15) is 4.79 Å². The summed E-state index contributed by atoms with van der Waals surface area (Å²) in [5.74, 6) is 5.62. The second-order valence-corrected chi connectivity index (χ2v) is 2.19. The van der Waals surface area contributed by atoms with Crippen LogP contribution in [0.1, 0.15) is 33.6 Å². The highest BCUT2D eigenvalue weighted by Crippen LogP contribution is 2.03. The maximum atomic E-state index is 11.2. The van der Waals surface area contributed by atoms with E-state index in [1.54, 1.807) is 6.92 Å². The van der Waals surface area contributed by atoms with E-state index in [0.29, 0.717) is 6.42 Å². The Morgan fingerprint density at radius 1 is 1.55 bits per heavy atom. The van der Waals surface area contributed by atoms with Gasteiger partial charge in [-0.15, -0.1) is 5.92 Å². The maximum Gasteiger partial charge on any atom is 0.170 e. The van der Waals surface area contributed by atoms with Gasteiger partial charge >= 0.3 is 0 Å². The predicted octanol–water partition coefficient (Wildman–Crippen LogP) is 2.33. The van der Waals surface area contributed by atoms with Gasteiger partial charge in [-0.1, -0.05) is 18.9 Å². The molecule has 60 valence electrons. The zero-order chi connectivity index (χ0) is 8.69. The minimum absolute atomic E-state index is 0.157. The highest BCUT2D eigenvalue weighted by molar-refractivity contribution is 5.96. The first kappa shape index (κ1) is 9.97. The monoisotopic (exact) mass is 150 g/mol. The molecule has 1 heteroatoms. The lowest BCUT2D eigenvalue weighted by Gasteiger charge is -1.96. The highest BCUT2D eigenvalue weighted by atomic mass is 16.1. The summed E-state index contributed by atoms with van der Waals surface area (Å²) in [6.07, 6.45) is 3.03. The van der Waals surface area contributed by atoms with E-state index in [-0.39, 0.29) is 5.78 Å². The Bertz CT molecular complexity index is 213. The first-order valence-corrected chi connectivity index (χ1v) is 3.84. The Hall–Kier alpha value is -1.03. The topological polar surface area (TPSA) is 17.1 Å². The fraction of sp³-hybridized carbons (Fsp3) is 0.500. The van der Waals surface area contributed by atoms with Crippen molar-refractivity contribution in [3.8, 4) is 11.8 Å². The van der Waals surface area contributed by atoms with E-state index in [2.05, 4.69) is 11.8 Å². The molecule has 0 radical (unpaired) electrons. The van der Waals surface area contributed by atoms with Crippen LogP contribution in [0, 0.1) is 11.8 Å². The molecule has 0 aromatic heterocycles. The number of hydrogen-bond donors (Lipinski definition) is 0. The lowest BCUT2D eigenvalue weighted by molar-refractivity contribution is -0.114. The smallest absolute Gasteiger partial charge is 0.170 e. The summed E-state index contributed by atoms with van der Waals surface area (Å²) in [5.41, 5.74) is 0.882. The molecule has 0 spiro atoms. The highest BCUT2D eigenvalue weighted by Gasteiger charge is 2.02. The van der Waals surface area contributed by atoms with E-state index in [4.69, 9.17) is 0 Å². The van der Waals surface area contributed by atoms with Crippen LogP contribution in [0.2, 0.25) is 0 Å². The van der Waals surface area contributed by atoms with Crippen molar-refractivity contribution in [1.82, 2.24) is 0 Å². The van der Waals surface area contributed by atoms with Crippen LogP contribution in [-0.2, 0) is 4.79 Å². The third kappa shape index (κ3) is 3.62. The van der Waals surface area contributed by atoms with Crippen LogP contribution < -0.4 is 0 Å². The van der Waals surface area contributed by atoms with Crippen molar-refractivity contribution in [2.24, 2.45) is 0 Å². The molecule has 0 N–H and O–H groups in total. The molecule has 0 aromatic rings. The van der Waals surface area contributed by atoms with Crippen LogP contribution >= 0.6 is 0 Å². The first-order valence-electron chi connectivity index (χ1n) is 3.84. The second kappa shape index (κ2) is 5.73. The number of rotatable bonds is 3. The summed E-state index contributed by atoms with van der Waals surface area (Å²) >= 11 is 0. The third-order valence-electron chi connectivity index (χ3n) is 1.51. The summed E-state index contributed by atoms with van der Waals surface area (Å²) in [7, 11) is 0. The van der Waals surface area contributed by atoms with Gasteiger partial charge in [0.1, 0.15) is 0 Å². The number of carbonyl (C=O) groups excluding carboxylic acids is 1. The molecule has 0 aliphatic heterocycles. The molecule has 0 atom stereocenters. The molecule has 0 aliphatic rings. The molecule has 0 fully saturated rings.